The van der Waals surface area contributed by atoms with E-state index in [0.29, 0.717) is 0 Å². The lowest BCUT2D eigenvalue weighted by atomic mass is 10.1. The van der Waals surface area contributed by atoms with Gasteiger partial charge in [-0.3, -0.25) is 0 Å². The summed E-state index contributed by atoms with van der Waals surface area (Å²) >= 11 is 0. The van der Waals surface area contributed by atoms with Crippen molar-refractivity contribution in [1.29, 1.82) is 0 Å². The normalized spacial score (nSPS) is 12.7. The van der Waals surface area contributed by atoms with Gasteiger partial charge in [0.2, 0.25) is 0 Å². The second-order valence-electron chi connectivity index (χ2n) is 2.99. The molecule has 74 valence electrons. The average Bonchev–Trinajstić information content (AvgIpc) is 2.19. The molecule has 14 heavy (non-hydrogen) atoms. The first-order valence-corrected chi connectivity index (χ1v) is 4.62. The molecule has 1 aromatic carbocycles. The van der Waals surface area contributed by atoms with Gasteiger partial charge in [0.15, 0.2) is 0 Å². The van der Waals surface area contributed by atoms with Gasteiger partial charge in [0, 0.05) is 6.08 Å². The van der Waals surface area contributed by atoms with Gasteiger partial charge in [-0.2, -0.15) is 0 Å². The molecule has 1 rings (SSSR count). The highest BCUT2D eigenvalue weighted by molar-refractivity contribution is 5.81. The predicted molar refractivity (Wildman–Crippen MR) is 55.8 cm³/mol. The van der Waals surface area contributed by atoms with Gasteiger partial charge < -0.3 is 4.74 Å². The number of rotatable bonds is 3. The number of benzene rings is 1. The Morgan fingerprint density at radius 3 is 2.57 bits per heavy atom. The molecule has 1 atom stereocenters. The maximum absolute atomic E-state index is 11.1. The van der Waals surface area contributed by atoms with Crippen LogP contribution >= 0.6 is 0 Å². The molecule has 0 saturated carbocycles. The number of ether oxygens (including phenoxy) is 1. The van der Waals surface area contributed by atoms with Crippen molar-refractivity contribution in [3.05, 3.63) is 48.0 Å². The second-order valence-corrected chi connectivity index (χ2v) is 2.99. The minimum absolute atomic E-state index is 0.195. The second kappa shape index (κ2) is 5.22. The minimum Gasteiger partial charge on any atom is -0.455 e. The van der Waals surface area contributed by atoms with Crippen LogP contribution in [0.5, 0.6) is 0 Å². The zero-order chi connectivity index (χ0) is 10.4. The number of carbonyl (C=O) groups excluding carboxylic acids is 1. The molecule has 0 amide bonds. The van der Waals surface area contributed by atoms with Crippen molar-refractivity contribution >= 4 is 5.97 Å². The molecule has 0 aromatic heterocycles. The summed E-state index contributed by atoms with van der Waals surface area (Å²) in [7, 11) is 0. The summed E-state index contributed by atoms with van der Waals surface area (Å²) < 4.78 is 5.15. The molecule has 0 spiro atoms. The van der Waals surface area contributed by atoms with E-state index in [1.54, 1.807) is 13.0 Å². The van der Waals surface area contributed by atoms with Gasteiger partial charge in [-0.15, -0.1) is 0 Å². The first-order chi connectivity index (χ1) is 6.74. The Labute approximate surface area is 84.2 Å². The molecule has 1 aromatic rings. The Balaban J connectivity index is 2.59. The number of hydrogen-bond donors (Lipinski definition) is 0. The van der Waals surface area contributed by atoms with Gasteiger partial charge in [-0.1, -0.05) is 36.4 Å². The van der Waals surface area contributed by atoms with Crippen molar-refractivity contribution in [2.45, 2.75) is 20.0 Å². The van der Waals surface area contributed by atoms with Crippen molar-refractivity contribution < 1.29 is 9.53 Å². The van der Waals surface area contributed by atoms with Crippen molar-refractivity contribution in [3.63, 3.8) is 0 Å². The highest BCUT2D eigenvalue weighted by atomic mass is 16.5. The molecular formula is C12H14O2. The summed E-state index contributed by atoms with van der Waals surface area (Å²) in [5.74, 6) is -0.302. The summed E-state index contributed by atoms with van der Waals surface area (Å²) in [6, 6.07) is 9.66. The van der Waals surface area contributed by atoms with Crippen molar-refractivity contribution in [2.24, 2.45) is 0 Å². The molecule has 2 heteroatoms. The van der Waals surface area contributed by atoms with Crippen LogP contribution in [0.3, 0.4) is 0 Å². The lowest BCUT2D eigenvalue weighted by molar-refractivity contribution is -0.142. The van der Waals surface area contributed by atoms with E-state index in [2.05, 4.69) is 0 Å². The van der Waals surface area contributed by atoms with E-state index in [9.17, 15) is 4.79 Å². The topological polar surface area (TPSA) is 26.3 Å². The maximum Gasteiger partial charge on any atom is 0.331 e. The molecule has 0 saturated heterocycles. The SMILES string of the molecule is CC=CC(=O)OC(C)c1ccccc1. The third-order valence-electron chi connectivity index (χ3n) is 1.86. The van der Waals surface area contributed by atoms with Gasteiger partial charge in [0.05, 0.1) is 0 Å². The van der Waals surface area contributed by atoms with E-state index >= 15 is 0 Å². The summed E-state index contributed by atoms with van der Waals surface area (Å²) in [5, 5.41) is 0. The molecule has 0 aliphatic carbocycles. The van der Waals surface area contributed by atoms with Crippen LogP contribution < -0.4 is 0 Å². The Hall–Kier alpha value is -1.57. The summed E-state index contributed by atoms with van der Waals surface area (Å²) in [4.78, 5) is 11.1. The lowest BCUT2D eigenvalue weighted by Gasteiger charge is -2.11. The van der Waals surface area contributed by atoms with Crippen molar-refractivity contribution in [3.8, 4) is 0 Å². The fourth-order valence-corrected chi connectivity index (χ4v) is 1.14. The fourth-order valence-electron chi connectivity index (χ4n) is 1.14. The molecule has 0 aliphatic heterocycles. The van der Waals surface area contributed by atoms with E-state index in [-0.39, 0.29) is 12.1 Å². The highest BCUT2D eigenvalue weighted by Crippen LogP contribution is 2.15. The average molecular weight is 190 g/mol. The van der Waals surface area contributed by atoms with E-state index in [4.69, 9.17) is 4.74 Å². The lowest BCUT2D eigenvalue weighted by Crippen LogP contribution is -2.05. The number of allylic oxidation sites excluding steroid dienone is 1. The first-order valence-electron chi connectivity index (χ1n) is 4.62. The third kappa shape index (κ3) is 3.05. The molecular weight excluding hydrogens is 176 g/mol. The molecule has 0 heterocycles. The van der Waals surface area contributed by atoms with Gasteiger partial charge in [0.25, 0.3) is 0 Å². The zero-order valence-corrected chi connectivity index (χ0v) is 8.44. The molecule has 0 fully saturated rings. The van der Waals surface area contributed by atoms with Gasteiger partial charge in [0.1, 0.15) is 6.10 Å². The van der Waals surface area contributed by atoms with Crippen LogP contribution in [-0.2, 0) is 9.53 Å². The van der Waals surface area contributed by atoms with Crippen molar-refractivity contribution in [1.82, 2.24) is 0 Å². The molecule has 0 N–H and O–H groups in total. The third-order valence-corrected chi connectivity index (χ3v) is 1.86. The van der Waals surface area contributed by atoms with Crippen LogP contribution in [0.15, 0.2) is 42.5 Å². The Bertz CT molecular complexity index is 314. The molecule has 0 aliphatic rings. The summed E-state index contributed by atoms with van der Waals surface area (Å²) in [6.07, 6.45) is 2.89. The summed E-state index contributed by atoms with van der Waals surface area (Å²) in [5.41, 5.74) is 1.00. The van der Waals surface area contributed by atoms with Gasteiger partial charge in [-0.05, 0) is 19.4 Å². The Kier molecular flexibility index (Phi) is 3.92. The predicted octanol–water partition coefficient (Wildman–Crippen LogP) is 2.87. The van der Waals surface area contributed by atoms with Crippen LogP contribution in [-0.4, -0.2) is 5.97 Å². The van der Waals surface area contributed by atoms with Crippen molar-refractivity contribution in [2.75, 3.05) is 0 Å². The van der Waals surface area contributed by atoms with Crippen LogP contribution in [0.2, 0.25) is 0 Å². The number of esters is 1. The van der Waals surface area contributed by atoms with Crippen LogP contribution in [0, 0.1) is 0 Å². The fraction of sp³-hybridized carbons (Fsp3) is 0.250. The molecule has 1 unspecified atom stereocenters. The standard InChI is InChI=1S/C12H14O2/c1-3-7-12(13)14-10(2)11-8-5-4-6-9-11/h3-10H,1-2H3. The van der Waals surface area contributed by atoms with E-state index < -0.39 is 0 Å². The Morgan fingerprint density at radius 2 is 2.00 bits per heavy atom. The quantitative estimate of drug-likeness (QED) is 0.541. The van der Waals surface area contributed by atoms with E-state index in [0.717, 1.165) is 5.56 Å². The number of carbonyl (C=O) groups is 1. The highest BCUT2D eigenvalue weighted by Gasteiger charge is 2.07. The first kappa shape index (κ1) is 10.5. The monoisotopic (exact) mass is 190 g/mol. The molecule has 2 nitrogen and oxygen atoms in total. The Morgan fingerprint density at radius 1 is 1.36 bits per heavy atom. The van der Waals surface area contributed by atoms with Crippen LogP contribution in [0.1, 0.15) is 25.5 Å². The number of hydrogen-bond acceptors (Lipinski definition) is 2. The largest absolute Gasteiger partial charge is 0.455 e. The smallest absolute Gasteiger partial charge is 0.331 e. The van der Waals surface area contributed by atoms with Gasteiger partial charge in [-0.25, -0.2) is 4.79 Å². The maximum atomic E-state index is 11.1. The molecule has 0 bridgehead atoms. The molecule has 0 radical (unpaired) electrons. The van der Waals surface area contributed by atoms with Gasteiger partial charge >= 0.3 is 5.97 Å². The van der Waals surface area contributed by atoms with Crippen LogP contribution in [0.4, 0.5) is 0 Å². The summed E-state index contributed by atoms with van der Waals surface area (Å²) in [6.45, 7) is 3.64. The zero-order valence-electron chi connectivity index (χ0n) is 8.44. The minimum atomic E-state index is -0.302. The van der Waals surface area contributed by atoms with E-state index in [1.807, 2.05) is 37.3 Å². The van der Waals surface area contributed by atoms with E-state index in [1.165, 1.54) is 6.08 Å². The van der Waals surface area contributed by atoms with Crippen LogP contribution in [0.25, 0.3) is 0 Å².